The van der Waals surface area contributed by atoms with Gasteiger partial charge in [-0.05, 0) is 40.5 Å². The molecule has 1 heterocycles. The molecule has 17 heavy (non-hydrogen) atoms. The van der Waals surface area contributed by atoms with Gasteiger partial charge < -0.3 is 0 Å². The molecule has 0 saturated carbocycles. The molecular formula is C13H19N3O. The molecule has 0 radical (unpaired) electrons. The molecule has 0 N–H and O–H groups in total. The van der Waals surface area contributed by atoms with Crippen molar-refractivity contribution in [3.05, 3.63) is 27.9 Å². The van der Waals surface area contributed by atoms with Gasteiger partial charge in [-0.2, -0.15) is 5.26 Å². The van der Waals surface area contributed by atoms with Crippen LogP contribution in [-0.4, -0.2) is 9.55 Å². The fraction of sp³-hybridized carbons (Fsp3) is 0.615. The summed E-state index contributed by atoms with van der Waals surface area (Å²) in [6.45, 7) is 8.07. The van der Waals surface area contributed by atoms with Crippen molar-refractivity contribution in [2.75, 3.05) is 0 Å². The summed E-state index contributed by atoms with van der Waals surface area (Å²) < 4.78 is 1.62. The zero-order chi connectivity index (χ0) is 13.1. The summed E-state index contributed by atoms with van der Waals surface area (Å²) in [5.74, 6) is 0. The van der Waals surface area contributed by atoms with Crippen LogP contribution in [0.1, 0.15) is 37.9 Å². The van der Waals surface area contributed by atoms with Crippen LogP contribution in [0.3, 0.4) is 0 Å². The van der Waals surface area contributed by atoms with E-state index in [2.05, 4.69) is 11.1 Å². The van der Waals surface area contributed by atoms with E-state index in [-0.39, 0.29) is 11.0 Å². The summed E-state index contributed by atoms with van der Waals surface area (Å²) in [5.41, 5.74) is 1.18. The number of aromatic nitrogens is 2. The van der Waals surface area contributed by atoms with Crippen LogP contribution in [0.4, 0.5) is 0 Å². The zero-order valence-electron chi connectivity index (χ0n) is 10.9. The molecule has 0 aliphatic carbocycles. The van der Waals surface area contributed by atoms with Gasteiger partial charge in [-0.15, -0.1) is 0 Å². The molecule has 0 aliphatic heterocycles. The Morgan fingerprint density at radius 1 is 1.47 bits per heavy atom. The van der Waals surface area contributed by atoms with Gasteiger partial charge >= 0.3 is 0 Å². The van der Waals surface area contributed by atoms with E-state index in [1.54, 1.807) is 17.8 Å². The van der Waals surface area contributed by atoms with Gasteiger partial charge in [0.1, 0.15) is 0 Å². The molecule has 0 unspecified atom stereocenters. The monoisotopic (exact) mass is 233 g/mol. The summed E-state index contributed by atoms with van der Waals surface area (Å²) in [7, 11) is 0. The van der Waals surface area contributed by atoms with Gasteiger partial charge in [-0.3, -0.25) is 9.36 Å². The number of aryl methyl sites for hydroxylation is 2. The minimum Gasteiger partial charge on any atom is -0.299 e. The molecule has 1 aromatic rings. The van der Waals surface area contributed by atoms with Crippen molar-refractivity contribution in [3.63, 3.8) is 0 Å². The lowest BCUT2D eigenvalue weighted by Crippen LogP contribution is -2.24. The highest BCUT2D eigenvalue weighted by Crippen LogP contribution is 2.20. The topological polar surface area (TPSA) is 58.7 Å². The molecule has 1 rings (SSSR count). The summed E-state index contributed by atoms with van der Waals surface area (Å²) in [5, 5.41) is 8.90. The van der Waals surface area contributed by atoms with E-state index in [0.717, 1.165) is 18.5 Å². The van der Waals surface area contributed by atoms with Crippen molar-refractivity contribution in [3.8, 4) is 6.07 Å². The first-order valence-corrected chi connectivity index (χ1v) is 5.81. The molecule has 4 nitrogen and oxygen atoms in total. The molecule has 0 fully saturated rings. The largest absolute Gasteiger partial charge is 0.299 e. The van der Waals surface area contributed by atoms with Crippen LogP contribution in [-0.2, 0) is 6.54 Å². The van der Waals surface area contributed by atoms with E-state index < -0.39 is 0 Å². The van der Waals surface area contributed by atoms with Crippen molar-refractivity contribution in [2.24, 2.45) is 5.41 Å². The third-order valence-electron chi connectivity index (χ3n) is 3.02. The molecule has 0 atom stereocenters. The van der Waals surface area contributed by atoms with Crippen LogP contribution in [0.2, 0.25) is 0 Å². The van der Waals surface area contributed by atoms with Crippen molar-refractivity contribution in [1.82, 2.24) is 9.55 Å². The second-order valence-electron chi connectivity index (χ2n) is 5.05. The van der Waals surface area contributed by atoms with E-state index in [0.29, 0.717) is 12.1 Å². The summed E-state index contributed by atoms with van der Waals surface area (Å²) in [6.07, 6.45) is 3.18. The molecule has 0 bridgehead atoms. The lowest BCUT2D eigenvalue weighted by Gasteiger charge is -2.15. The number of hydrogen-bond donors (Lipinski definition) is 0. The van der Waals surface area contributed by atoms with Gasteiger partial charge in [0.05, 0.1) is 17.8 Å². The van der Waals surface area contributed by atoms with Crippen molar-refractivity contribution in [1.29, 1.82) is 5.26 Å². The van der Waals surface area contributed by atoms with Crippen LogP contribution < -0.4 is 5.56 Å². The lowest BCUT2D eigenvalue weighted by atomic mass is 9.90. The second kappa shape index (κ2) is 5.13. The fourth-order valence-corrected chi connectivity index (χ4v) is 1.58. The number of nitriles is 1. The Balaban J connectivity index is 2.70. The minimum atomic E-state index is -0.323. The molecule has 0 spiro atoms. The average molecular weight is 233 g/mol. The van der Waals surface area contributed by atoms with Crippen LogP contribution in [0.5, 0.6) is 0 Å². The standard InChI is InChI=1S/C13H19N3O/c1-10-11(2)15-9-16(12(10)17)7-5-6-13(3,4)8-14/h9H,5-7H2,1-4H3. The molecular weight excluding hydrogens is 214 g/mol. The highest BCUT2D eigenvalue weighted by Gasteiger charge is 2.15. The first kappa shape index (κ1) is 13.4. The molecule has 0 aliphatic rings. The van der Waals surface area contributed by atoms with E-state index in [1.807, 2.05) is 20.8 Å². The average Bonchev–Trinajstić information content (AvgIpc) is 2.29. The summed E-state index contributed by atoms with van der Waals surface area (Å²) >= 11 is 0. The maximum Gasteiger partial charge on any atom is 0.256 e. The van der Waals surface area contributed by atoms with Gasteiger partial charge in [0.15, 0.2) is 0 Å². The van der Waals surface area contributed by atoms with E-state index in [9.17, 15) is 4.79 Å². The molecule has 0 aromatic carbocycles. The Morgan fingerprint density at radius 3 is 2.71 bits per heavy atom. The molecule has 4 heteroatoms. The summed E-state index contributed by atoms with van der Waals surface area (Å²) in [4.78, 5) is 16.0. The van der Waals surface area contributed by atoms with Crippen LogP contribution in [0, 0.1) is 30.6 Å². The Bertz CT molecular complexity index is 494. The van der Waals surface area contributed by atoms with Gasteiger partial charge in [-0.25, -0.2) is 4.98 Å². The van der Waals surface area contributed by atoms with Crippen molar-refractivity contribution < 1.29 is 0 Å². The number of hydrogen-bond acceptors (Lipinski definition) is 3. The van der Waals surface area contributed by atoms with E-state index >= 15 is 0 Å². The number of nitrogens with zero attached hydrogens (tertiary/aromatic N) is 3. The Morgan fingerprint density at radius 2 is 2.12 bits per heavy atom. The van der Waals surface area contributed by atoms with Crippen LogP contribution >= 0.6 is 0 Å². The number of rotatable bonds is 4. The Labute approximate surface area is 102 Å². The van der Waals surface area contributed by atoms with E-state index in [4.69, 9.17) is 5.26 Å². The zero-order valence-corrected chi connectivity index (χ0v) is 10.9. The fourth-order valence-electron chi connectivity index (χ4n) is 1.58. The SMILES string of the molecule is Cc1ncn(CCCC(C)(C)C#N)c(=O)c1C. The van der Waals surface area contributed by atoms with Crippen molar-refractivity contribution >= 4 is 0 Å². The van der Waals surface area contributed by atoms with Crippen molar-refractivity contribution in [2.45, 2.75) is 47.1 Å². The second-order valence-corrected chi connectivity index (χ2v) is 5.05. The quantitative estimate of drug-likeness (QED) is 0.801. The first-order valence-electron chi connectivity index (χ1n) is 5.81. The normalized spacial score (nSPS) is 11.2. The van der Waals surface area contributed by atoms with Gasteiger partial charge in [0.25, 0.3) is 5.56 Å². The third kappa shape index (κ3) is 3.42. The molecule has 0 amide bonds. The maximum atomic E-state index is 11.9. The maximum absolute atomic E-state index is 11.9. The molecule has 1 aromatic heterocycles. The van der Waals surface area contributed by atoms with Gasteiger partial charge in [0.2, 0.25) is 0 Å². The summed E-state index contributed by atoms with van der Waals surface area (Å²) in [6, 6.07) is 2.26. The highest BCUT2D eigenvalue weighted by atomic mass is 16.1. The Hall–Kier alpha value is -1.63. The smallest absolute Gasteiger partial charge is 0.256 e. The Kier molecular flexibility index (Phi) is 4.06. The predicted molar refractivity (Wildman–Crippen MR) is 66.6 cm³/mol. The highest BCUT2D eigenvalue weighted by molar-refractivity contribution is 5.12. The predicted octanol–water partition coefficient (Wildman–Crippen LogP) is 2.19. The lowest BCUT2D eigenvalue weighted by molar-refractivity contribution is 0.412. The molecule has 0 saturated heterocycles. The minimum absolute atomic E-state index is 0.0206. The first-order chi connectivity index (χ1) is 7.87. The van der Waals surface area contributed by atoms with E-state index in [1.165, 1.54) is 0 Å². The van der Waals surface area contributed by atoms with Crippen LogP contribution in [0.15, 0.2) is 11.1 Å². The van der Waals surface area contributed by atoms with Crippen LogP contribution in [0.25, 0.3) is 0 Å². The third-order valence-corrected chi connectivity index (χ3v) is 3.02. The van der Waals surface area contributed by atoms with Gasteiger partial charge in [-0.1, -0.05) is 0 Å². The van der Waals surface area contributed by atoms with Gasteiger partial charge in [0, 0.05) is 17.8 Å². The molecule has 92 valence electrons.